The maximum Gasteiger partial charge on any atom is 0.371 e. The molecular formula is C9H13N3O5. The lowest BCUT2D eigenvalue weighted by atomic mass is 10.2. The highest BCUT2D eigenvalue weighted by Gasteiger charge is 2.11. The maximum atomic E-state index is 10.3. The first-order valence-electron chi connectivity index (χ1n) is 4.54. The Morgan fingerprint density at radius 1 is 1.47 bits per heavy atom. The number of carboxylic acid groups (broad SMARTS) is 2. The Bertz CT molecular complexity index is 375. The number of hydrogen-bond donors (Lipinski definition) is 4. The molecule has 0 saturated carbocycles. The number of carboxylic acids is 2. The predicted octanol–water partition coefficient (Wildman–Crippen LogP) is -0.976. The van der Waals surface area contributed by atoms with Crippen LogP contribution in [0.15, 0.2) is 12.5 Å². The number of aliphatic carboxylic acids is 2. The minimum Gasteiger partial charge on any atom is -0.480 e. The molecule has 94 valence electrons. The second-order valence-corrected chi connectivity index (χ2v) is 3.09. The molecule has 0 aliphatic carbocycles. The SMILES string of the molecule is CC(=O)C(=O)O.N[C@@H](Cc1cnc[nH]1)C(=O)O. The zero-order chi connectivity index (χ0) is 13.4. The van der Waals surface area contributed by atoms with Crippen LogP contribution in [0.4, 0.5) is 0 Å². The Kier molecular flexibility index (Phi) is 6.19. The highest BCUT2D eigenvalue weighted by atomic mass is 16.4. The van der Waals surface area contributed by atoms with E-state index in [9.17, 15) is 14.4 Å². The molecule has 1 atom stereocenters. The van der Waals surface area contributed by atoms with Gasteiger partial charge in [0.1, 0.15) is 6.04 Å². The molecule has 1 aromatic rings. The summed E-state index contributed by atoms with van der Waals surface area (Å²) >= 11 is 0. The Labute approximate surface area is 96.5 Å². The summed E-state index contributed by atoms with van der Waals surface area (Å²) < 4.78 is 0. The van der Waals surface area contributed by atoms with Crippen LogP contribution >= 0.6 is 0 Å². The second kappa shape index (κ2) is 7.12. The molecule has 8 nitrogen and oxygen atoms in total. The first-order chi connectivity index (χ1) is 7.84. The number of nitrogens with one attached hydrogen (secondary N) is 1. The van der Waals surface area contributed by atoms with Crippen molar-refractivity contribution >= 4 is 17.7 Å². The van der Waals surface area contributed by atoms with Crippen LogP contribution in [0.5, 0.6) is 0 Å². The number of rotatable bonds is 4. The summed E-state index contributed by atoms with van der Waals surface area (Å²) in [6.45, 7) is 1.00. The quantitative estimate of drug-likeness (QED) is 0.497. The third-order valence-electron chi connectivity index (χ3n) is 1.61. The van der Waals surface area contributed by atoms with Crippen LogP contribution in [-0.2, 0) is 20.8 Å². The van der Waals surface area contributed by atoms with E-state index in [0.717, 1.165) is 12.6 Å². The van der Waals surface area contributed by atoms with Gasteiger partial charge < -0.3 is 20.9 Å². The molecular weight excluding hydrogens is 230 g/mol. The van der Waals surface area contributed by atoms with E-state index in [1.54, 1.807) is 6.20 Å². The fourth-order valence-electron chi connectivity index (χ4n) is 0.721. The highest BCUT2D eigenvalue weighted by Crippen LogP contribution is 1.95. The molecule has 1 aromatic heterocycles. The van der Waals surface area contributed by atoms with Gasteiger partial charge in [-0.1, -0.05) is 0 Å². The van der Waals surface area contributed by atoms with Crippen molar-refractivity contribution in [2.45, 2.75) is 19.4 Å². The second-order valence-electron chi connectivity index (χ2n) is 3.09. The van der Waals surface area contributed by atoms with Gasteiger partial charge in [-0.2, -0.15) is 0 Å². The Morgan fingerprint density at radius 3 is 2.29 bits per heavy atom. The molecule has 8 heteroatoms. The first kappa shape index (κ1) is 14.8. The predicted molar refractivity (Wildman–Crippen MR) is 56.2 cm³/mol. The van der Waals surface area contributed by atoms with Gasteiger partial charge in [0.15, 0.2) is 0 Å². The molecule has 0 amide bonds. The number of Topliss-reactive ketones (excluding diaryl/α,β-unsaturated/α-hetero) is 1. The lowest BCUT2D eigenvalue weighted by Crippen LogP contribution is -2.32. The van der Waals surface area contributed by atoms with Crippen LogP contribution in [0.2, 0.25) is 0 Å². The van der Waals surface area contributed by atoms with Gasteiger partial charge in [0.05, 0.1) is 6.33 Å². The number of carbonyl (C=O) groups excluding carboxylic acids is 1. The van der Waals surface area contributed by atoms with Crippen LogP contribution in [0.1, 0.15) is 12.6 Å². The topological polar surface area (TPSA) is 146 Å². The van der Waals surface area contributed by atoms with E-state index in [2.05, 4.69) is 9.97 Å². The molecule has 0 aliphatic heterocycles. The van der Waals surface area contributed by atoms with Crippen molar-refractivity contribution < 1.29 is 24.6 Å². The van der Waals surface area contributed by atoms with Crippen molar-refractivity contribution in [3.8, 4) is 0 Å². The lowest BCUT2D eigenvalue weighted by molar-refractivity contribution is -0.148. The third-order valence-corrected chi connectivity index (χ3v) is 1.61. The fourth-order valence-corrected chi connectivity index (χ4v) is 0.721. The van der Waals surface area contributed by atoms with Crippen molar-refractivity contribution in [3.05, 3.63) is 18.2 Å². The molecule has 0 unspecified atom stereocenters. The summed E-state index contributed by atoms with van der Waals surface area (Å²) in [5, 5.41) is 16.1. The van der Waals surface area contributed by atoms with Gasteiger partial charge in [-0.05, 0) is 0 Å². The van der Waals surface area contributed by atoms with Gasteiger partial charge in [0.2, 0.25) is 5.78 Å². The van der Waals surface area contributed by atoms with Crippen LogP contribution in [0.3, 0.4) is 0 Å². The van der Waals surface area contributed by atoms with Gasteiger partial charge in [-0.15, -0.1) is 0 Å². The fraction of sp³-hybridized carbons (Fsp3) is 0.333. The summed E-state index contributed by atoms with van der Waals surface area (Å²) in [6.07, 6.45) is 3.34. The van der Waals surface area contributed by atoms with Gasteiger partial charge in [0.25, 0.3) is 0 Å². The van der Waals surface area contributed by atoms with Gasteiger partial charge >= 0.3 is 11.9 Å². The molecule has 17 heavy (non-hydrogen) atoms. The summed E-state index contributed by atoms with van der Waals surface area (Å²) in [6, 6.07) is -0.851. The molecule has 0 aliphatic rings. The molecule has 1 heterocycles. The van der Waals surface area contributed by atoms with Crippen LogP contribution in [0.25, 0.3) is 0 Å². The maximum absolute atomic E-state index is 10.3. The standard InChI is InChI=1S/C6H9N3O2.C3H4O3/c7-5(6(10)11)1-4-2-8-3-9-4;1-2(4)3(5)6/h2-3,5H,1,7H2,(H,8,9)(H,10,11);1H3,(H,5,6)/t5-;/m0./s1. The zero-order valence-corrected chi connectivity index (χ0v) is 9.08. The molecule has 0 saturated heterocycles. The zero-order valence-electron chi connectivity index (χ0n) is 9.08. The number of hydrogen-bond acceptors (Lipinski definition) is 5. The molecule has 1 rings (SSSR count). The number of aromatic amines is 1. The van der Waals surface area contributed by atoms with Crippen LogP contribution in [0, 0.1) is 0 Å². The van der Waals surface area contributed by atoms with Gasteiger partial charge in [-0.25, -0.2) is 9.78 Å². The monoisotopic (exact) mass is 243 g/mol. The summed E-state index contributed by atoms with van der Waals surface area (Å²) in [4.78, 5) is 35.7. The van der Waals surface area contributed by atoms with Crippen molar-refractivity contribution in [2.75, 3.05) is 0 Å². The number of ketones is 1. The van der Waals surface area contributed by atoms with Crippen molar-refractivity contribution in [1.82, 2.24) is 9.97 Å². The Balaban J connectivity index is 0.000000366. The van der Waals surface area contributed by atoms with Crippen molar-refractivity contribution in [2.24, 2.45) is 5.73 Å². The van der Waals surface area contributed by atoms with E-state index < -0.39 is 23.8 Å². The summed E-state index contributed by atoms with van der Waals surface area (Å²) in [5.74, 6) is -3.20. The molecule has 0 aromatic carbocycles. The minimum absolute atomic E-state index is 0.287. The average Bonchev–Trinajstić information content (AvgIpc) is 2.71. The van der Waals surface area contributed by atoms with E-state index >= 15 is 0 Å². The highest BCUT2D eigenvalue weighted by molar-refractivity contribution is 6.31. The first-order valence-corrected chi connectivity index (χ1v) is 4.54. The molecule has 0 spiro atoms. The van der Waals surface area contributed by atoms with E-state index in [0.29, 0.717) is 0 Å². The van der Waals surface area contributed by atoms with E-state index in [1.807, 2.05) is 0 Å². The largest absolute Gasteiger partial charge is 0.480 e. The summed E-state index contributed by atoms with van der Waals surface area (Å²) in [5.41, 5.74) is 6.00. The minimum atomic E-state index is -1.38. The number of nitrogens with two attached hydrogens (primary N) is 1. The number of nitrogens with zero attached hydrogens (tertiary/aromatic N) is 1. The normalized spacial score (nSPS) is 10.9. The number of H-pyrrole nitrogens is 1. The van der Waals surface area contributed by atoms with Gasteiger partial charge in [-0.3, -0.25) is 9.59 Å². The van der Waals surface area contributed by atoms with Crippen molar-refractivity contribution in [1.29, 1.82) is 0 Å². The van der Waals surface area contributed by atoms with E-state index in [1.165, 1.54) is 6.33 Å². The average molecular weight is 243 g/mol. The molecule has 0 radical (unpaired) electrons. The smallest absolute Gasteiger partial charge is 0.371 e. The lowest BCUT2D eigenvalue weighted by Gasteiger charge is -2.02. The molecule has 0 fully saturated rings. The van der Waals surface area contributed by atoms with E-state index in [4.69, 9.17) is 15.9 Å². The number of imidazole rings is 1. The third kappa shape index (κ3) is 6.79. The number of carbonyl (C=O) groups is 3. The van der Waals surface area contributed by atoms with E-state index in [-0.39, 0.29) is 6.42 Å². The number of aromatic nitrogens is 2. The summed E-state index contributed by atoms with van der Waals surface area (Å²) in [7, 11) is 0. The van der Waals surface area contributed by atoms with Gasteiger partial charge in [0, 0.05) is 25.2 Å². The molecule has 0 bridgehead atoms. The van der Waals surface area contributed by atoms with Crippen LogP contribution < -0.4 is 5.73 Å². The van der Waals surface area contributed by atoms with Crippen LogP contribution in [-0.4, -0.2) is 43.9 Å². The Morgan fingerprint density at radius 2 is 2.00 bits per heavy atom. The molecule has 5 N–H and O–H groups in total. The Hall–Kier alpha value is -2.22. The van der Waals surface area contributed by atoms with Crippen molar-refractivity contribution in [3.63, 3.8) is 0 Å².